The van der Waals surface area contributed by atoms with Gasteiger partial charge in [-0.05, 0) is 43.2 Å². The van der Waals surface area contributed by atoms with Crippen LogP contribution in [0.4, 0.5) is 5.00 Å². The van der Waals surface area contributed by atoms with Gasteiger partial charge in [-0.25, -0.2) is 0 Å². The Hall–Kier alpha value is -2.50. The summed E-state index contributed by atoms with van der Waals surface area (Å²) in [5.74, 6) is 0.721. The third-order valence-corrected chi connectivity index (χ3v) is 6.24. The maximum atomic E-state index is 12.5. The first-order valence-corrected chi connectivity index (χ1v) is 9.86. The van der Waals surface area contributed by atoms with Gasteiger partial charge in [0.2, 0.25) is 0 Å². The van der Waals surface area contributed by atoms with Crippen LogP contribution in [0.2, 0.25) is 5.02 Å². The smallest absolute Gasteiger partial charge is 0.256 e. The van der Waals surface area contributed by atoms with Crippen molar-refractivity contribution in [1.29, 1.82) is 0 Å². The quantitative estimate of drug-likeness (QED) is 0.614. The predicted octanol–water partition coefficient (Wildman–Crippen LogP) is 5.45. The lowest BCUT2D eigenvalue weighted by molar-refractivity contribution is 0.0936. The van der Waals surface area contributed by atoms with Crippen LogP contribution in [-0.2, 0) is 6.61 Å². The van der Waals surface area contributed by atoms with Gasteiger partial charge >= 0.3 is 0 Å². The zero-order chi connectivity index (χ0) is 19.0. The highest BCUT2D eigenvalue weighted by Crippen LogP contribution is 2.37. The molecular weight excluding hydrogens is 380 g/mol. The van der Waals surface area contributed by atoms with E-state index < -0.39 is 0 Å². The van der Waals surface area contributed by atoms with Gasteiger partial charge in [0.15, 0.2) is 0 Å². The van der Waals surface area contributed by atoms with Crippen molar-refractivity contribution < 1.29 is 9.53 Å². The van der Waals surface area contributed by atoms with E-state index in [4.69, 9.17) is 16.3 Å². The van der Waals surface area contributed by atoms with Crippen LogP contribution in [0.1, 0.15) is 38.1 Å². The van der Waals surface area contributed by atoms with E-state index in [-0.39, 0.29) is 12.1 Å². The van der Waals surface area contributed by atoms with Crippen molar-refractivity contribution in [3.63, 3.8) is 0 Å². The maximum absolute atomic E-state index is 12.5. The van der Waals surface area contributed by atoms with E-state index in [0.717, 1.165) is 37.9 Å². The molecule has 1 amide bonds. The standard InChI is InChI=1S/C21H19ClN2O2S/c1-12-13(2)27-21-18(12)20(25)23-19(24-21)14-7-9-16(10-8-14)26-11-15-5-3-4-6-17(15)22/h3-10,19,24H,11H2,1-2H3,(H,23,25)/t19-/m1/s1. The van der Waals surface area contributed by atoms with E-state index in [1.54, 1.807) is 11.3 Å². The number of hydrogen-bond acceptors (Lipinski definition) is 4. The third kappa shape index (κ3) is 3.53. The summed E-state index contributed by atoms with van der Waals surface area (Å²) in [6.45, 7) is 4.43. The summed E-state index contributed by atoms with van der Waals surface area (Å²) < 4.78 is 5.82. The molecule has 0 saturated heterocycles. The molecule has 4 rings (SSSR count). The van der Waals surface area contributed by atoms with Crippen molar-refractivity contribution in [3.8, 4) is 5.75 Å². The van der Waals surface area contributed by atoms with Crippen molar-refractivity contribution in [2.75, 3.05) is 5.32 Å². The molecule has 0 unspecified atom stereocenters. The van der Waals surface area contributed by atoms with Gasteiger partial charge < -0.3 is 15.4 Å². The number of carbonyl (C=O) groups is 1. The first kappa shape index (κ1) is 17.9. The number of rotatable bonds is 4. The van der Waals surface area contributed by atoms with E-state index in [1.807, 2.05) is 62.4 Å². The van der Waals surface area contributed by atoms with E-state index in [2.05, 4.69) is 10.6 Å². The molecule has 2 N–H and O–H groups in total. The molecule has 1 atom stereocenters. The Bertz CT molecular complexity index is 998. The van der Waals surface area contributed by atoms with E-state index in [9.17, 15) is 4.79 Å². The summed E-state index contributed by atoms with van der Waals surface area (Å²) in [6, 6.07) is 15.3. The molecule has 0 radical (unpaired) electrons. The molecule has 6 heteroatoms. The second kappa shape index (κ2) is 7.25. The summed E-state index contributed by atoms with van der Waals surface area (Å²) in [7, 11) is 0. The van der Waals surface area contributed by atoms with Gasteiger partial charge in [-0.3, -0.25) is 4.79 Å². The number of thiophene rings is 1. The average molecular weight is 399 g/mol. The molecule has 0 aliphatic carbocycles. The van der Waals surface area contributed by atoms with Crippen LogP contribution in [0, 0.1) is 13.8 Å². The van der Waals surface area contributed by atoms with Gasteiger partial charge in [-0.15, -0.1) is 11.3 Å². The second-order valence-electron chi connectivity index (χ2n) is 6.49. The number of halogens is 1. The molecule has 0 saturated carbocycles. The van der Waals surface area contributed by atoms with Crippen molar-refractivity contribution in [3.05, 3.63) is 80.7 Å². The van der Waals surface area contributed by atoms with Crippen LogP contribution < -0.4 is 15.4 Å². The number of hydrogen-bond donors (Lipinski definition) is 2. The zero-order valence-electron chi connectivity index (χ0n) is 15.0. The highest BCUT2D eigenvalue weighted by atomic mass is 35.5. The van der Waals surface area contributed by atoms with Gasteiger partial charge in [0.05, 0.1) is 5.56 Å². The molecule has 0 bridgehead atoms. The van der Waals surface area contributed by atoms with Crippen molar-refractivity contribution >= 4 is 33.8 Å². The summed E-state index contributed by atoms with van der Waals surface area (Å²) >= 11 is 7.78. The van der Waals surface area contributed by atoms with Crippen LogP contribution >= 0.6 is 22.9 Å². The summed E-state index contributed by atoms with van der Waals surface area (Å²) in [4.78, 5) is 13.6. The first-order valence-electron chi connectivity index (χ1n) is 8.66. The summed E-state index contributed by atoms with van der Waals surface area (Å²) in [5, 5.41) is 8.07. The lowest BCUT2D eigenvalue weighted by Gasteiger charge is -2.26. The average Bonchev–Trinajstić information content (AvgIpc) is 2.96. The minimum absolute atomic E-state index is 0.0327. The molecule has 2 aromatic carbocycles. The van der Waals surface area contributed by atoms with Gasteiger partial charge in [0.1, 0.15) is 23.5 Å². The number of anilines is 1. The Morgan fingerprint density at radius 3 is 2.56 bits per heavy atom. The van der Waals surface area contributed by atoms with E-state index >= 15 is 0 Å². The number of nitrogens with one attached hydrogen (secondary N) is 2. The lowest BCUT2D eigenvalue weighted by Crippen LogP contribution is -2.38. The number of aryl methyl sites for hydroxylation is 1. The first-order chi connectivity index (χ1) is 13.0. The predicted molar refractivity (Wildman–Crippen MR) is 110 cm³/mol. The fourth-order valence-electron chi connectivity index (χ4n) is 3.07. The molecule has 4 nitrogen and oxygen atoms in total. The van der Waals surface area contributed by atoms with Crippen molar-refractivity contribution in [2.45, 2.75) is 26.6 Å². The fourth-order valence-corrected chi connectivity index (χ4v) is 4.35. The third-order valence-electron chi connectivity index (χ3n) is 4.73. The molecule has 1 aliphatic rings. The normalized spacial score (nSPS) is 15.7. The highest BCUT2D eigenvalue weighted by Gasteiger charge is 2.28. The SMILES string of the molecule is Cc1sc2c(c1C)C(=O)N[C@@H](c1ccc(OCc3ccccc3Cl)cc1)N2. The van der Waals surface area contributed by atoms with Gasteiger partial charge in [0.25, 0.3) is 5.91 Å². The molecule has 2 heterocycles. The molecule has 27 heavy (non-hydrogen) atoms. The van der Waals surface area contributed by atoms with E-state index in [1.165, 1.54) is 0 Å². The van der Waals surface area contributed by atoms with Gasteiger partial charge in [-0.2, -0.15) is 0 Å². The highest BCUT2D eigenvalue weighted by molar-refractivity contribution is 7.16. The van der Waals surface area contributed by atoms with Crippen LogP contribution in [0.5, 0.6) is 5.75 Å². The van der Waals surface area contributed by atoms with Gasteiger partial charge in [-0.1, -0.05) is 41.9 Å². The molecule has 1 aliphatic heterocycles. The van der Waals surface area contributed by atoms with Crippen molar-refractivity contribution in [1.82, 2.24) is 5.32 Å². The number of ether oxygens (including phenoxy) is 1. The molecule has 138 valence electrons. The molecular formula is C21H19ClN2O2S. The van der Waals surface area contributed by atoms with Crippen LogP contribution in [0.15, 0.2) is 48.5 Å². The molecule has 0 fully saturated rings. The monoisotopic (exact) mass is 398 g/mol. The second-order valence-corrected chi connectivity index (χ2v) is 8.12. The van der Waals surface area contributed by atoms with Crippen LogP contribution in [-0.4, -0.2) is 5.91 Å². The minimum atomic E-state index is -0.250. The van der Waals surface area contributed by atoms with E-state index in [0.29, 0.717) is 11.6 Å². The molecule has 1 aromatic heterocycles. The number of amides is 1. The van der Waals surface area contributed by atoms with Crippen LogP contribution in [0.3, 0.4) is 0 Å². The Labute approximate surface area is 167 Å². The molecule has 0 spiro atoms. The Balaban J connectivity index is 1.46. The fraction of sp³-hybridized carbons (Fsp3) is 0.190. The number of benzene rings is 2. The Morgan fingerprint density at radius 2 is 1.81 bits per heavy atom. The van der Waals surface area contributed by atoms with Crippen molar-refractivity contribution in [2.24, 2.45) is 0 Å². The number of fused-ring (bicyclic) bond motifs is 1. The zero-order valence-corrected chi connectivity index (χ0v) is 16.6. The maximum Gasteiger partial charge on any atom is 0.256 e. The minimum Gasteiger partial charge on any atom is -0.489 e. The summed E-state index contributed by atoms with van der Waals surface area (Å²) in [6.07, 6.45) is -0.250. The topological polar surface area (TPSA) is 50.4 Å². The number of carbonyl (C=O) groups excluding carboxylic acids is 1. The van der Waals surface area contributed by atoms with Gasteiger partial charge in [0, 0.05) is 15.5 Å². The Morgan fingerprint density at radius 1 is 1.07 bits per heavy atom. The largest absolute Gasteiger partial charge is 0.489 e. The van der Waals surface area contributed by atoms with Crippen LogP contribution in [0.25, 0.3) is 0 Å². The lowest BCUT2D eigenvalue weighted by atomic mass is 10.1. The molecule has 3 aromatic rings. The Kier molecular flexibility index (Phi) is 4.81. The summed E-state index contributed by atoms with van der Waals surface area (Å²) in [5.41, 5.74) is 3.72.